The number of methoxy groups -OCH3 is 1. The van der Waals surface area contributed by atoms with Crippen LogP contribution >= 0.6 is 23.4 Å². The molecule has 164 valence electrons. The maximum atomic E-state index is 12.1. The van der Waals surface area contributed by atoms with E-state index in [9.17, 15) is 4.79 Å². The highest BCUT2D eigenvalue weighted by molar-refractivity contribution is 7.99. The highest BCUT2D eigenvalue weighted by atomic mass is 35.5. The number of hydrogen-bond acceptors (Lipinski definition) is 5. The lowest BCUT2D eigenvalue weighted by molar-refractivity contribution is -0.118. The first-order valence-electron chi connectivity index (χ1n) is 10.0. The number of nitrogens with one attached hydrogen (secondary N) is 1. The van der Waals surface area contributed by atoms with Gasteiger partial charge >= 0.3 is 0 Å². The second-order valence-corrected chi connectivity index (χ2v) is 9.40. The van der Waals surface area contributed by atoms with Crippen molar-refractivity contribution in [1.82, 2.24) is 20.1 Å². The van der Waals surface area contributed by atoms with Gasteiger partial charge in [0.25, 0.3) is 0 Å². The van der Waals surface area contributed by atoms with Crippen molar-refractivity contribution in [2.45, 2.75) is 31.3 Å². The Morgan fingerprint density at radius 1 is 1.13 bits per heavy atom. The minimum Gasteiger partial charge on any atom is -0.383 e. The van der Waals surface area contributed by atoms with E-state index in [-0.39, 0.29) is 17.1 Å². The number of hydrogen-bond donors (Lipinski definition) is 1. The predicted molar refractivity (Wildman–Crippen MR) is 126 cm³/mol. The first-order chi connectivity index (χ1) is 14.8. The molecule has 3 rings (SSSR count). The standard InChI is InChI=1S/C23H27ClN4O2S/c1-23(2,3)17-11-9-16(10-12-17)21-26-27-22(31-15-20(29)25-13-14-30-4)28(21)19-8-6-5-7-18(19)24/h5-12H,13-15H2,1-4H3,(H,25,29). The number of thioether (sulfide) groups is 1. The number of halogens is 1. The van der Waals surface area contributed by atoms with Gasteiger partial charge in [-0.25, -0.2) is 0 Å². The summed E-state index contributed by atoms with van der Waals surface area (Å²) < 4.78 is 6.87. The molecule has 0 fully saturated rings. The molecule has 0 saturated carbocycles. The Bertz CT molecular complexity index is 1030. The van der Waals surface area contributed by atoms with Gasteiger partial charge < -0.3 is 10.1 Å². The summed E-state index contributed by atoms with van der Waals surface area (Å²) in [6, 6.07) is 15.8. The van der Waals surface area contributed by atoms with E-state index in [4.69, 9.17) is 16.3 Å². The molecule has 2 aromatic carbocycles. The molecule has 3 aromatic rings. The molecule has 0 atom stereocenters. The van der Waals surface area contributed by atoms with Gasteiger partial charge in [0, 0.05) is 19.2 Å². The number of carbonyl (C=O) groups is 1. The van der Waals surface area contributed by atoms with Gasteiger partial charge in [0.1, 0.15) is 0 Å². The fraction of sp³-hybridized carbons (Fsp3) is 0.348. The van der Waals surface area contributed by atoms with Gasteiger partial charge in [0.2, 0.25) is 5.91 Å². The number of aromatic nitrogens is 3. The molecule has 1 aromatic heterocycles. The maximum absolute atomic E-state index is 12.1. The van der Waals surface area contributed by atoms with Crippen molar-refractivity contribution >= 4 is 29.3 Å². The molecule has 0 spiro atoms. The minimum atomic E-state index is -0.0909. The van der Waals surface area contributed by atoms with Gasteiger partial charge in [-0.3, -0.25) is 9.36 Å². The summed E-state index contributed by atoms with van der Waals surface area (Å²) >= 11 is 7.82. The molecule has 1 amide bonds. The van der Waals surface area contributed by atoms with Gasteiger partial charge in [0.15, 0.2) is 11.0 Å². The van der Waals surface area contributed by atoms with Gasteiger partial charge in [-0.05, 0) is 23.1 Å². The lowest BCUT2D eigenvalue weighted by atomic mass is 9.87. The van der Waals surface area contributed by atoms with Crippen LogP contribution in [-0.2, 0) is 14.9 Å². The number of nitrogens with zero attached hydrogens (tertiary/aromatic N) is 3. The Morgan fingerprint density at radius 2 is 1.84 bits per heavy atom. The van der Waals surface area contributed by atoms with Crippen LogP contribution in [0.5, 0.6) is 0 Å². The highest BCUT2D eigenvalue weighted by Gasteiger charge is 2.20. The molecular weight excluding hydrogens is 432 g/mol. The largest absolute Gasteiger partial charge is 0.383 e. The smallest absolute Gasteiger partial charge is 0.230 e. The van der Waals surface area contributed by atoms with Gasteiger partial charge in [-0.1, -0.05) is 80.5 Å². The molecule has 0 aliphatic carbocycles. The molecule has 0 aliphatic rings. The molecular formula is C23H27ClN4O2S. The van der Waals surface area contributed by atoms with E-state index in [1.807, 2.05) is 41.0 Å². The van der Waals surface area contributed by atoms with Crippen molar-refractivity contribution in [3.8, 4) is 17.1 Å². The quantitative estimate of drug-likeness (QED) is 0.390. The van der Waals surface area contributed by atoms with Crippen LogP contribution in [0.2, 0.25) is 5.02 Å². The Labute approximate surface area is 192 Å². The summed E-state index contributed by atoms with van der Waals surface area (Å²) in [5.41, 5.74) is 3.00. The third kappa shape index (κ3) is 5.87. The van der Waals surface area contributed by atoms with E-state index >= 15 is 0 Å². The van der Waals surface area contributed by atoms with Crippen molar-refractivity contribution in [2.24, 2.45) is 0 Å². The third-order valence-electron chi connectivity index (χ3n) is 4.70. The zero-order valence-electron chi connectivity index (χ0n) is 18.2. The van der Waals surface area contributed by atoms with Crippen LogP contribution in [0.3, 0.4) is 0 Å². The first kappa shape index (κ1) is 23.3. The van der Waals surface area contributed by atoms with Gasteiger partial charge in [-0.2, -0.15) is 0 Å². The fourth-order valence-electron chi connectivity index (χ4n) is 2.99. The number of benzene rings is 2. The number of carbonyl (C=O) groups excluding carboxylic acids is 1. The summed E-state index contributed by atoms with van der Waals surface area (Å²) in [5.74, 6) is 0.803. The zero-order chi connectivity index (χ0) is 22.4. The Hall–Kier alpha value is -2.35. The molecule has 1 heterocycles. The molecule has 0 aliphatic heterocycles. The monoisotopic (exact) mass is 458 g/mol. The lowest BCUT2D eigenvalue weighted by Crippen LogP contribution is -2.28. The van der Waals surface area contributed by atoms with E-state index < -0.39 is 0 Å². The molecule has 0 bridgehead atoms. The zero-order valence-corrected chi connectivity index (χ0v) is 19.8. The van der Waals surface area contributed by atoms with Crippen LogP contribution in [-0.4, -0.2) is 46.7 Å². The summed E-state index contributed by atoms with van der Waals surface area (Å²) in [4.78, 5) is 12.1. The van der Waals surface area contributed by atoms with Gasteiger partial charge in [-0.15, -0.1) is 10.2 Å². The molecule has 0 saturated heterocycles. The first-order valence-corrected chi connectivity index (χ1v) is 11.4. The number of rotatable bonds is 8. The molecule has 1 N–H and O–H groups in total. The van der Waals surface area contributed by atoms with E-state index in [0.29, 0.717) is 29.2 Å². The summed E-state index contributed by atoms with van der Waals surface area (Å²) in [6.07, 6.45) is 0. The number of para-hydroxylation sites is 1. The van der Waals surface area contributed by atoms with Crippen LogP contribution in [0, 0.1) is 0 Å². The van der Waals surface area contributed by atoms with Crippen LogP contribution < -0.4 is 5.32 Å². The minimum absolute atomic E-state index is 0.0616. The molecule has 6 nitrogen and oxygen atoms in total. The Kier molecular flexibility index (Phi) is 7.75. The lowest BCUT2D eigenvalue weighted by Gasteiger charge is -2.19. The molecule has 31 heavy (non-hydrogen) atoms. The van der Waals surface area contributed by atoms with Crippen LogP contribution in [0.1, 0.15) is 26.3 Å². The molecule has 0 unspecified atom stereocenters. The van der Waals surface area contributed by atoms with E-state index in [2.05, 4.69) is 48.4 Å². The average molecular weight is 459 g/mol. The van der Waals surface area contributed by atoms with Crippen molar-refractivity contribution < 1.29 is 9.53 Å². The van der Waals surface area contributed by atoms with E-state index in [1.54, 1.807) is 7.11 Å². The van der Waals surface area contributed by atoms with Crippen LogP contribution in [0.4, 0.5) is 0 Å². The molecule has 0 radical (unpaired) electrons. The Balaban J connectivity index is 1.93. The third-order valence-corrected chi connectivity index (χ3v) is 5.95. The Morgan fingerprint density at radius 3 is 2.48 bits per heavy atom. The maximum Gasteiger partial charge on any atom is 0.230 e. The summed E-state index contributed by atoms with van der Waals surface area (Å²) in [7, 11) is 1.60. The topological polar surface area (TPSA) is 69.0 Å². The van der Waals surface area contributed by atoms with Gasteiger partial charge in [0.05, 0.1) is 23.1 Å². The predicted octanol–water partition coefficient (Wildman–Crippen LogP) is 4.74. The highest BCUT2D eigenvalue weighted by Crippen LogP contribution is 2.32. The molecule has 8 heteroatoms. The fourth-order valence-corrected chi connectivity index (χ4v) is 3.99. The van der Waals surface area contributed by atoms with E-state index in [0.717, 1.165) is 11.3 Å². The summed E-state index contributed by atoms with van der Waals surface area (Å²) in [6.45, 7) is 7.49. The number of amides is 1. The van der Waals surface area contributed by atoms with Crippen LogP contribution in [0.15, 0.2) is 53.7 Å². The average Bonchev–Trinajstić information content (AvgIpc) is 3.16. The van der Waals surface area contributed by atoms with Crippen LogP contribution in [0.25, 0.3) is 17.1 Å². The number of ether oxygens (including phenoxy) is 1. The normalized spacial score (nSPS) is 11.5. The van der Waals surface area contributed by atoms with Crippen molar-refractivity contribution in [3.05, 3.63) is 59.1 Å². The second-order valence-electron chi connectivity index (χ2n) is 8.05. The SMILES string of the molecule is COCCNC(=O)CSc1nnc(-c2ccc(C(C)(C)C)cc2)n1-c1ccccc1Cl. The summed E-state index contributed by atoms with van der Waals surface area (Å²) in [5, 5.41) is 12.8. The van der Waals surface area contributed by atoms with Crippen molar-refractivity contribution in [2.75, 3.05) is 26.0 Å². The van der Waals surface area contributed by atoms with Crippen molar-refractivity contribution in [1.29, 1.82) is 0 Å². The second kappa shape index (κ2) is 10.3. The van der Waals surface area contributed by atoms with E-state index in [1.165, 1.54) is 17.3 Å². The van der Waals surface area contributed by atoms with Crippen molar-refractivity contribution in [3.63, 3.8) is 0 Å².